The second kappa shape index (κ2) is 5.55. The van der Waals surface area contributed by atoms with Crippen LogP contribution in [0, 0.1) is 12.7 Å². The molecule has 5 heteroatoms. The number of halogens is 2. The summed E-state index contributed by atoms with van der Waals surface area (Å²) in [7, 11) is 0. The monoisotopic (exact) mass is 294 g/mol. The highest BCUT2D eigenvalue weighted by molar-refractivity contribution is 7.80. The third kappa shape index (κ3) is 3.22. The third-order valence-electron chi connectivity index (χ3n) is 2.68. The predicted octanol–water partition coefficient (Wildman–Crippen LogP) is 4.17. The summed E-state index contributed by atoms with van der Waals surface area (Å²) in [5, 5.41) is 3.63. The van der Waals surface area contributed by atoms with Gasteiger partial charge in [-0.25, -0.2) is 4.39 Å². The minimum Gasteiger partial charge on any atom is -0.389 e. The fourth-order valence-electron chi connectivity index (χ4n) is 1.68. The average molecular weight is 295 g/mol. The number of anilines is 2. The Morgan fingerprint density at radius 2 is 1.84 bits per heavy atom. The Morgan fingerprint density at radius 1 is 1.21 bits per heavy atom. The number of aryl methyl sites for hydroxylation is 1. The lowest BCUT2D eigenvalue weighted by molar-refractivity contribution is 0.619. The van der Waals surface area contributed by atoms with E-state index in [0.29, 0.717) is 16.1 Å². The molecule has 98 valence electrons. The maximum atomic E-state index is 13.2. The van der Waals surface area contributed by atoms with Gasteiger partial charge in [-0.1, -0.05) is 23.8 Å². The molecule has 0 amide bonds. The van der Waals surface area contributed by atoms with Crippen molar-refractivity contribution in [1.82, 2.24) is 0 Å². The summed E-state index contributed by atoms with van der Waals surface area (Å²) in [6.45, 7) is 1.71. The van der Waals surface area contributed by atoms with Crippen molar-refractivity contribution in [3.8, 4) is 0 Å². The van der Waals surface area contributed by atoms with Gasteiger partial charge in [-0.2, -0.15) is 0 Å². The van der Waals surface area contributed by atoms with E-state index in [9.17, 15) is 4.39 Å². The van der Waals surface area contributed by atoms with Crippen molar-refractivity contribution in [1.29, 1.82) is 0 Å². The second-order valence-corrected chi connectivity index (χ2v) is 4.99. The molecular weight excluding hydrogens is 283 g/mol. The number of nitrogens with two attached hydrogens (primary N) is 1. The molecule has 2 nitrogen and oxygen atoms in total. The highest BCUT2D eigenvalue weighted by Gasteiger charge is 2.05. The first kappa shape index (κ1) is 13.8. The molecule has 19 heavy (non-hydrogen) atoms. The van der Waals surface area contributed by atoms with Crippen molar-refractivity contribution < 1.29 is 4.39 Å². The SMILES string of the molecule is Cc1cc(Nc2ccc(C(N)=S)c(Cl)c2)ccc1F. The van der Waals surface area contributed by atoms with E-state index in [0.717, 1.165) is 11.4 Å². The predicted molar refractivity (Wildman–Crippen MR) is 81.8 cm³/mol. The Morgan fingerprint density at radius 3 is 2.42 bits per heavy atom. The molecule has 0 spiro atoms. The fourth-order valence-corrected chi connectivity index (χ4v) is 2.20. The van der Waals surface area contributed by atoms with Crippen LogP contribution in [0.15, 0.2) is 36.4 Å². The number of thiocarbonyl (C=S) groups is 1. The van der Waals surface area contributed by atoms with Gasteiger partial charge in [0.1, 0.15) is 10.8 Å². The lowest BCUT2D eigenvalue weighted by Crippen LogP contribution is -2.09. The number of hydrogen-bond donors (Lipinski definition) is 2. The zero-order chi connectivity index (χ0) is 14.0. The molecule has 0 fully saturated rings. The fraction of sp³-hybridized carbons (Fsp3) is 0.0714. The molecular formula is C14H12ClFN2S. The maximum absolute atomic E-state index is 13.2. The minimum atomic E-state index is -0.229. The highest BCUT2D eigenvalue weighted by atomic mass is 35.5. The number of hydrogen-bond acceptors (Lipinski definition) is 2. The van der Waals surface area contributed by atoms with Gasteiger partial charge in [-0.15, -0.1) is 0 Å². The Balaban J connectivity index is 2.26. The number of nitrogens with one attached hydrogen (secondary N) is 1. The van der Waals surface area contributed by atoms with Crippen LogP contribution < -0.4 is 11.1 Å². The van der Waals surface area contributed by atoms with E-state index in [-0.39, 0.29) is 10.8 Å². The van der Waals surface area contributed by atoms with Crippen molar-refractivity contribution >= 4 is 40.2 Å². The van der Waals surface area contributed by atoms with Gasteiger partial charge in [0.15, 0.2) is 0 Å². The molecule has 0 atom stereocenters. The van der Waals surface area contributed by atoms with E-state index in [1.807, 2.05) is 6.07 Å². The molecule has 0 saturated heterocycles. The van der Waals surface area contributed by atoms with Crippen LogP contribution in [0.1, 0.15) is 11.1 Å². The summed E-state index contributed by atoms with van der Waals surface area (Å²) >= 11 is 11.0. The average Bonchev–Trinajstić information content (AvgIpc) is 2.33. The van der Waals surface area contributed by atoms with Crippen LogP contribution in [0.2, 0.25) is 5.02 Å². The van der Waals surface area contributed by atoms with E-state index in [1.54, 1.807) is 31.2 Å². The summed E-state index contributed by atoms with van der Waals surface area (Å²) < 4.78 is 13.2. The summed E-state index contributed by atoms with van der Waals surface area (Å²) in [5.74, 6) is -0.229. The third-order valence-corrected chi connectivity index (χ3v) is 3.21. The Hall–Kier alpha value is -1.65. The van der Waals surface area contributed by atoms with Crippen LogP contribution in [0.25, 0.3) is 0 Å². The minimum absolute atomic E-state index is 0.229. The molecule has 0 saturated carbocycles. The van der Waals surface area contributed by atoms with E-state index in [2.05, 4.69) is 5.32 Å². The number of benzene rings is 2. The molecule has 0 aliphatic carbocycles. The van der Waals surface area contributed by atoms with Gasteiger partial charge in [0.25, 0.3) is 0 Å². The van der Waals surface area contributed by atoms with E-state index in [4.69, 9.17) is 29.6 Å². The topological polar surface area (TPSA) is 38.0 Å². The molecule has 0 radical (unpaired) electrons. The van der Waals surface area contributed by atoms with Crippen molar-refractivity contribution in [2.24, 2.45) is 5.73 Å². The zero-order valence-corrected chi connectivity index (χ0v) is 11.8. The smallest absolute Gasteiger partial charge is 0.126 e. The summed E-state index contributed by atoms with van der Waals surface area (Å²) in [6.07, 6.45) is 0. The van der Waals surface area contributed by atoms with Crippen LogP contribution in [0.5, 0.6) is 0 Å². The lowest BCUT2D eigenvalue weighted by Gasteiger charge is -2.10. The maximum Gasteiger partial charge on any atom is 0.126 e. The molecule has 0 aromatic heterocycles. The number of rotatable bonds is 3. The summed E-state index contributed by atoms with van der Waals surface area (Å²) in [6, 6.07) is 10.1. The van der Waals surface area contributed by atoms with E-state index in [1.165, 1.54) is 6.07 Å². The molecule has 0 unspecified atom stereocenters. The first-order chi connectivity index (χ1) is 8.97. The van der Waals surface area contributed by atoms with Gasteiger partial charge in [-0.3, -0.25) is 0 Å². The van der Waals surface area contributed by atoms with Gasteiger partial charge in [0.2, 0.25) is 0 Å². The molecule has 2 aromatic carbocycles. The zero-order valence-electron chi connectivity index (χ0n) is 10.2. The van der Waals surface area contributed by atoms with Crippen LogP contribution in [0.3, 0.4) is 0 Å². The van der Waals surface area contributed by atoms with Gasteiger partial charge in [0, 0.05) is 16.9 Å². The molecule has 2 rings (SSSR count). The van der Waals surface area contributed by atoms with Crippen LogP contribution in [-0.2, 0) is 0 Å². The van der Waals surface area contributed by atoms with Gasteiger partial charge in [0.05, 0.1) is 5.02 Å². The van der Waals surface area contributed by atoms with Crippen LogP contribution in [0.4, 0.5) is 15.8 Å². The van der Waals surface area contributed by atoms with Crippen molar-refractivity contribution in [2.75, 3.05) is 5.32 Å². The van der Waals surface area contributed by atoms with Crippen molar-refractivity contribution in [3.05, 3.63) is 58.4 Å². The van der Waals surface area contributed by atoms with Crippen molar-refractivity contribution in [3.63, 3.8) is 0 Å². The molecule has 0 bridgehead atoms. The van der Waals surface area contributed by atoms with Gasteiger partial charge in [-0.05, 0) is 48.9 Å². The molecule has 0 aliphatic rings. The highest BCUT2D eigenvalue weighted by Crippen LogP contribution is 2.24. The van der Waals surface area contributed by atoms with Gasteiger partial charge < -0.3 is 11.1 Å². The quantitative estimate of drug-likeness (QED) is 0.835. The lowest BCUT2D eigenvalue weighted by atomic mass is 10.1. The molecule has 0 heterocycles. The molecule has 2 aromatic rings. The Labute approximate surface area is 121 Å². The van der Waals surface area contributed by atoms with Crippen LogP contribution >= 0.6 is 23.8 Å². The Kier molecular flexibility index (Phi) is 4.02. The first-order valence-electron chi connectivity index (χ1n) is 5.60. The van der Waals surface area contributed by atoms with E-state index < -0.39 is 0 Å². The van der Waals surface area contributed by atoms with Crippen LogP contribution in [-0.4, -0.2) is 4.99 Å². The first-order valence-corrected chi connectivity index (χ1v) is 6.38. The Bertz CT molecular complexity index is 643. The summed E-state index contributed by atoms with van der Waals surface area (Å²) in [5.41, 5.74) is 8.33. The molecule has 0 aliphatic heterocycles. The van der Waals surface area contributed by atoms with Gasteiger partial charge >= 0.3 is 0 Å². The molecule has 3 N–H and O–H groups in total. The van der Waals surface area contributed by atoms with E-state index >= 15 is 0 Å². The normalized spacial score (nSPS) is 10.3. The summed E-state index contributed by atoms with van der Waals surface area (Å²) in [4.78, 5) is 0.258. The second-order valence-electron chi connectivity index (χ2n) is 4.15. The largest absolute Gasteiger partial charge is 0.389 e. The van der Waals surface area contributed by atoms with Crippen molar-refractivity contribution in [2.45, 2.75) is 6.92 Å². The standard InChI is InChI=1S/C14H12ClFN2S/c1-8-6-9(3-5-13(8)16)18-10-2-4-11(14(17)19)12(15)7-10/h2-7,18H,1H3,(H2,17,19).